The van der Waals surface area contributed by atoms with Gasteiger partial charge in [-0.15, -0.1) is 5.10 Å². The number of halogens is 2. The van der Waals surface area contributed by atoms with E-state index in [4.69, 9.17) is 32.5 Å². The summed E-state index contributed by atoms with van der Waals surface area (Å²) in [6.07, 6.45) is 1.52. The van der Waals surface area contributed by atoms with Gasteiger partial charge in [0, 0.05) is 20.6 Å². The van der Waals surface area contributed by atoms with E-state index >= 15 is 0 Å². The van der Waals surface area contributed by atoms with Crippen molar-refractivity contribution in [2.24, 2.45) is 21.7 Å². The SMILES string of the molecule is CCOc1cc(C=NN=C(N)N)c(Br)cc1OCc1ccccc1Cl. The number of hydrogen-bond acceptors (Lipinski definition) is 4. The standard InChI is InChI=1S/C17H18BrClN4O2/c1-2-24-15-7-12(9-22-23-17(20)21)13(18)8-16(15)25-10-11-5-3-4-6-14(11)19/h3-9H,2,10H2,1H3,(H4,20,21,23). The predicted octanol–water partition coefficient (Wildman–Crippen LogP) is 3.69. The monoisotopic (exact) mass is 424 g/mol. The highest BCUT2D eigenvalue weighted by molar-refractivity contribution is 9.10. The Hall–Kier alpha value is -2.25. The summed E-state index contributed by atoms with van der Waals surface area (Å²) in [6, 6.07) is 11.1. The van der Waals surface area contributed by atoms with Gasteiger partial charge in [-0.2, -0.15) is 5.10 Å². The number of rotatable bonds is 7. The van der Waals surface area contributed by atoms with Crippen molar-refractivity contribution in [3.63, 3.8) is 0 Å². The van der Waals surface area contributed by atoms with Gasteiger partial charge < -0.3 is 20.9 Å². The topological polar surface area (TPSA) is 95.2 Å². The Morgan fingerprint density at radius 2 is 1.92 bits per heavy atom. The van der Waals surface area contributed by atoms with E-state index in [1.807, 2.05) is 31.2 Å². The molecule has 132 valence electrons. The van der Waals surface area contributed by atoms with Gasteiger partial charge in [0.15, 0.2) is 11.5 Å². The normalized spacial score (nSPS) is 10.7. The molecule has 2 aromatic carbocycles. The summed E-state index contributed by atoms with van der Waals surface area (Å²) in [6.45, 7) is 2.72. The number of ether oxygens (including phenoxy) is 2. The van der Waals surface area contributed by atoms with E-state index in [-0.39, 0.29) is 5.96 Å². The molecule has 0 aliphatic carbocycles. The van der Waals surface area contributed by atoms with Crippen LogP contribution in [0, 0.1) is 0 Å². The van der Waals surface area contributed by atoms with Gasteiger partial charge >= 0.3 is 0 Å². The average Bonchev–Trinajstić information content (AvgIpc) is 2.57. The van der Waals surface area contributed by atoms with Gasteiger partial charge in [0.1, 0.15) is 6.61 Å². The van der Waals surface area contributed by atoms with Crippen LogP contribution < -0.4 is 20.9 Å². The van der Waals surface area contributed by atoms with Crippen LogP contribution in [0.2, 0.25) is 5.02 Å². The molecule has 0 heterocycles. The predicted molar refractivity (Wildman–Crippen MR) is 104 cm³/mol. The Morgan fingerprint density at radius 3 is 2.60 bits per heavy atom. The summed E-state index contributed by atoms with van der Waals surface area (Å²) < 4.78 is 12.3. The first-order valence-electron chi connectivity index (χ1n) is 7.45. The first-order valence-corrected chi connectivity index (χ1v) is 8.63. The molecule has 0 aromatic heterocycles. The van der Waals surface area contributed by atoms with Crippen LogP contribution in [-0.2, 0) is 6.61 Å². The maximum absolute atomic E-state index is 6.16. The Labute approximate surface area is 159 Å². The van der Waals surface area contributed by atoms with Crippen molar-refractivity contribution in [1.82, 2.24) is 0 Å². The molecule has 0 fully saturated rings. The van der Waals surface area contributed by atoms with E-state index in [2.05, 4.69) is 26.1 Å². The zero-order valence-electron chi connectivity index (χ0n) is 13.6. The molecule has 0 aliphatic heterocycles. The molecule has 0 amide bonds. The molecule has 0 unspecified atom stereocenters. The van der Waals surface area contributed by atoms with E-state index in [0.717, 1.165) is 15.6 Å². The molecule has 0 radical (unpaired) electrons. The number of nitrogens with zero attached hydrogens (tertiary/aromatic N) is 2. The van der Waals surface area contributed by atoms with Crippen molar-refractivity contribution in [3.8, 4) is 11.5 Å². The molecule has 0 bridgehead atoms. The molecule has 4 N–H and O–H groups in total. The summed E-state index contributed by atoms with van der Waals surface area (Å²) in [5.74, 6) is 1.06. The van der Waals surface area contributed by atoms with Gasteiger partial charge in [0.2, 0.25) is 5.96 Å². The highest BCUT2D eigenvalue weighted by Gasteiger charge is 2.11. The van der Waals surface area contributed by atoms with Crippen LogP contribution in [-0.4, -0.2) is 18.8 Å². The lowest BCUT2D eigenvalue weighted by atomic mass is 10.2. The average molecular weight is 426 g/mol. The van der Waals surface area contributed by atoms with Gasteiger partial charge in [-0.25, -0.2) is 0 Å². The molecule has 2 aromatic rings. The third-order valence-electron chi connectivity index (χ3n) is 3.07. The van der Waals surface area contributed by atoms with Crippen LogP contribution in [0.5, 0.6) is 11.5 Å². The fraction of sp³-hybridized carbons (Fsp3) is 0.176. The Kier molecular flexibility index (Phi) is 7.09. The lowest BCUT2D eigenvalue weighted by Crippen LogP contribution is -2.21. The Bertz CT molecular complexity index is 792. The lowest BCUT2D eigenvalue weighted by Gasteiger charge is -2.14. The van der Waals surface area contributed by atoms with E-state index in [9.17, 15) is 0 Å². The van der Waals surface area contributed by atoms with Crippen LogP contribution in [0.25, 0.3) is 0 Å². The van der Waals surface area contributed by atoms with Gasteiger partial charge in [-0.3, -0.25) is 0 Å². The second kappa shape index (κ2) is 9.29. The molecule has 0 saturated heterocycles. The van der Waals surface area contributed by atoms with Crippen LogP contribution >= 0.6 is 27.5 Å². The minimum atomic E-state index is -0.114. The van der Waals surface area contributed by atoms with E-state index in [1.165, 1.54) is 6.21 Å². The summed E-state index contributed by atoms with van der Waals surface area (Å²) in [4.78, 5) is 0. The minimum absolute atomic E-state index is 0.114. The van der Waals surface area contributed by atoms with Crippen molar-refractivity contribution < 1.29 is 9.47 Å². The first kappa shape index (κ1) is 19.1. The Morgan fingerprint density at radius 1 is 1.20 bits per heavy atom. The van der Waals surface area contributed by atoms with Crippen molar-refractivity contribution in [2.45, 2.75) is 13.5 Å². The van der Waals surface area contributed by atoms with Crippen molar-refractivity contribution in [3.05, 3.63) is 57.0 Å². The summed E-state index contributed by atoms with van der Waals surface area (Å²) in [7, 11) is 0. The molecule has 25 heavy (non-hydrogen) atoms. The molecule has 2 rings (SSSR count). The minimum Gasteiger partial charge on any atom is -0.490 e. The second-order valence-electron chi connectivity index (χ2n) is 4.90. The van der Waals surface area contributed by atoms with Crippen LogP contribution in [0.4, 0.5) is 0 Å². The van der Waals surface area contributed by atoms with Crippen molar-refractivity contribution in [1.29, 1.82) is 0 Å². The van der Waals surface area contributed by atoms with Crippen molar-refractivity contribution in [2.75, 3.05) is 6.61 Å². The van der Waals surface area contributed by atoms with Gasteiger partial charge in [-0.05, 0) is 41.1 Å². The summed E-state index contributed by atoms with van der Waals surface area (Å²) in [5.41, 5.74) is 12.1. The first-order chi connectivity index (χ1) is 12.0. The van der Waals surface area contributed by atoms with Gasteiger partial charge in [0.05, 0.1) is 12.8 Å². The molecule has 8 heteroatoms. The van der Waals surface area contributed by atoms with E-state index in [0.29, 0.717) is 29.7 Å². The smallest absolute Gasteiger partial charge is 0.211 e. The second-order valence-corrected chi connectivity index (χ2v) is 6.16. The fourth-order valence-electron chi connectivity index (χ4n) is 1.96. The van der Waals surface area contributed by atoms with Crippen LogP contribution in [0.1, 0.15) is 18.1 Å². The Balaban J connectivity index is 2.25. The number of guanidine groups is 1. The van der Waals surface area contributed by atoms with Crippen LogP contribution in [0.3, 0.4) is 0 Å². The van der Waals surface area contributed by atoms with E-state index in [1.54, 1.807) is 12.1 Å². The molecule has 6 nitrogen and oxygen atoms in total. The quantitative estimate of drug-likeness (QED) is 0.402. The highest BCUT2D eigenvalue weighted by atomic mass is 79.9. The molecule has 0 spiro atoms. The fourth-order valence-corrected chi connectivity index (χ4v) is 2.57. The zero-order valence-corrected chi connectivity index (χ0v) is 15.9. The number of benzene rings is 2. The lowest BCUT2D eigenvalue weighted by molar-refractivity contribution is 0.269. The van der Waals surface area contributed by atoms with E-state index < -0.39 is 0 Å². The molecule has 0 aliphatic rings. The van der Waals surface area contributed by atoms with Gasteiger partial charge in [0.25, 0.3) is 0 Å². The summed E-state index contributed by atoms with van der Waals surface area (Å²) >= 11 is 9.64. The molecular weight excluding hydrogens is 408 g/mol. The third kappa shape index (κ3) is 5.65. The maximum atomic E-state index is 6.16. The third-order valence-corrected chi connectivity index (χ3v) is 4.13. The zero-order chi connectivity index (χ0) is 18.2. The number of hydrogen-bond donors (Lipinski definition) is 2. The number of nitrogens with two attached hydrogens (primary N) is 2. The van der Waals surface area contributed by atoms with Crippen molar-refractivity contribution >= 4 is 39.7 Å². The molecule has 0 atom stereocenters. The van der Waals surface area contributed by atoms with Crippen LogP contribution in [0.15, 0.2) is 51.1 Å². The van der Waals surface area contributed by atoms with Gasteiger partial charge in [-0.1, -0.05) is 29.8 Å². The summed E-state index contributed by atoms with van der Waals surface area (Å²) in [5, 5.41) is 8.04. The molecule has 0 saturated carbocycles. The highest BCUT2D eigenvalue weighted by Crippen LogP contribution is 2.34. The molecular formula is C17H18BrClN4O2. The maximum Gasteiger partial charge on any atom is 0.211 e. The largest absolute Gasteiger partial charge is 0.490 e.